The highest BCUT2D eigenvalue weighted by molar-refractivity contribution is 5.80. The van der Waals surface area contributed by atoms with Gasteiger partial charge in [0.15, 0.2) is 5.96 Å². The van der Waals surface area contributed by atoms with Crippen molar-refractivity contribution >= 4 is 5.96 Å². The topological polar surface area (TPSA) is 46.1 Å². The normalized spacial score (nSPS) is 17.4. The molecule has 1 heterocycles. The van der Waals surface area contributed by atoms with Crippen LogP contribution in [0.4, 0.5) is 13.2 Å². The van der Waals surface area contributed by atoms with Gasteiger partial charge in [-0.15, -0.1) is 0 Å². The van der Waals surface area contributed by atoms with Crippen LogP contribution in [0.3, 0.4) is 0 Å². The molecule has 0 aliphatic carbocycles. The third-order valence-corrected chi connectivity index (χ3v) is 4.34. The second-order valence-corrected chi connectivity index (χ2v) is 6.45. The van der Waals surface area contributed by atoms with Crippen LogP contribution in [0.1, 0.15) is 17.5 Å². The van der Waals surface area contributed by atoms with Gasteiger partial charge in [0.05, 0.1) is 31.9 Å². The van der Waals surface area contributed by atoms with Crippen molar-refractivity contribution in [1.29, 1.82) is 0 Å². The van der Waals surface area contributed by atoms with Gasteiger partial charge in [-0.2, -0.15) is 13.2 Å². The summed E-state index contributed by atoms with van der Waals surface area (Å²) in [5.74, 6) is 6.78. The number of likely N-dealkylation sites (tertiary alicyclic amines) is 1. The van der Waals surface area contributed by atoms with Gasteiger partial charge in [-0.1, -0.05) is 17.9 Å². The summed E-state index contributed by atoms with van der Waals surface area (Å²) in [5.41, 5.74) is -0.361. The summed E-state index contributed by atoms with van der Waals surface area (Å²) in [4.78, 5) is 6.39. The van der Waals surface area contributed by atoms with Crippen molar-refractivity contribution in [2.45, 2.75) is 12.6 Å². The number of benzene rings is 1. The Morgan fingerprint density at radius 2 is 2.18 bits per heavy atom. The van der Waals surface area contributed by atoms with E-state index in [1.165, 1.54) is 6.07 Å². The van der Waals surface area contributed by atoms with Crippen LogP contribution in [0.5, 0.6) is 0 Å². The van der Waals surface area contributed by atoms with Crippen LogP contribution in [0.15, 0.2) is 29.3 Å². The molecule has 5 nitrogen and oxygen atoms in total. The van der Waals surface area contributed by atoms with E-state index in [9.17, 15) is 13.2 Å². The van der Waals surface area contributed by atoms with Crippen molar-refractivity contribution in [2.24, 2.45) is 10.9 Å². The average molecular weight is 397 g/mol. The number of hydrogen-bond donors (Lipinski definition) is 1. The van der Waals surface area contributed by atoms with E-state index < -0.39 is 11.7 Å². The number of guanidine groups is 1. The highest BCUT2D eigenvalue weighted by Gasteiger charge is 2.30. The van der Waals surface area contributed by atoms with E-state index >= 15 is 0 Å². The minimum Gasteiger partial charge on any atom is -0.382 e. The van der Waals surface area contributed by atoms with E-state index in [-0.39, 0.29) is 0 Å². The van der Waals surface area contributed by atoms with Crippen molar-refractivity contribution in [3.8, 4) is 11.8 Å². The van der Waals surface area contributed by atoms with Gasteiger partial charge < -0.3 is 19.7 Å². The van der Waals surface area contributed by atoms with Crippen LogP contribution in [-0.4, -0.2) is 64.5 Å². The first kappa shape index (κ1) is 22.1. The predicted octanol–water partition coefficient (Wildman–Crippen LogP) is 2.62. The van der Waals surface area contributed by atoms with Crippen molar-refractivity contribution < 1.29 is 22.6 Å². The van der Waals surface area contributed by atoms with Crippen molar-refractivity contribution in [3.63, 3.8) is 0 Å². The van der Waals surface area contributed by atoms with E-state index in [0.717, 1.165) is 37.6 Å². The molecule has 1 saturated heterocycles. The first-order chi connectivity index (χ1) is 13.4. The molecule has 1 unspecified atom stereocenters. The Bertz CT molecular complexity index is 711. The molecule has 0 spiro atoms. The van der Waals surface area contributed by atoms with Gasteiger partial charge in [0, 0.05) is 38.7 Å². The highest BCUT2D eigenvalue weighted by Crippen LogP contribution is 2.29. The number of ether oxygens (including phenoxy) is 2. The fraction of sp³-hybridized carbons (Fsp3) is 0.550. The van der Waals surface area contributed by atoms with E-state index in [1.54, 1.807) is 20.2 Å². The minimum absolute atomic E-state index is 0.300. The third kappa shape index (κ3) is 7.06. The zero-order valence-corrected chi connectivity index (χ0v) is 16.2. The SMILES string of the molecule is CN=C(NCC#Cc1cccc(C(F)(F)F)c1)N1CCC(COCCOC)C1. The second kappa shape index (κ2) is 10.9. The van der Waals surface area contributed by atoms with Gasteiger partial charge in [-0.25, -0.2) is 0 Å². The summed E-state index contributed by atoms with van der Waals surface area (Å²) in [6.07, 6.45) is -3.35. The molecule has 1 aliphatic heterocycles. The summed E-state index contributed by atoms with van der Waals surface area (Å²) in [6, 6.07) is 5.01. The zero-order chi connectivity index (χ0) is 20.4. The first-order valence-electron chi connectivity index (χ1n) is 9.12. The quantitative estimate of drug-likeness (QED) is 0.347. The van der Waals surface area contributed by atoms with Crippen LogP contribution < -0.4 is 5.32 Å². The lowest BCUT2D eigenvalue weighted by Gasteiger charge is -2.20. The van der Waals surface area contributed by atoms with Crippen molar-refractivity contribution in [3.05, 3.63) is 35.4 Å². The maximum absolute atomic E-state index is 12.7. The summed E-state index contributed by atoms with van der Waals surface area (Å²) in [7, 11) is 3.34. The van der Waals surface area contributed by atoms with Crippen LogP contribution in [-0.2, 0) is 15.7 Å². The molecule has 0 radical (unpaired) electrons. The number of rotatable bonds is 6. The van der Waals surface area contributed by atoms with Crippen LogP contribution in [0.2, 0.25) is 0 Å². The van der Waals surface area contributed by atoms with E-state index in [1.807, 2.05) is 0 Å². The highest BCUT2D eigenvalue weighted by atomic mass is 19.4. The average Bonchev–Trinajstić information content (AvgIpc) is 3.13. The molecule has 0 aromatic heterocycles. The maximum atomic E-state index is 12.7. The number of hydrogen-bond acceptors (Lipinski definition) is 3. The molecule has 1 aromatic carbocycles. The summed E-state index contributed by atoms with van der Waals surface area (Å²) in [6.45, 7) is 3.88. The minimum atomic E-state index is -4.36. The molecule has 0 amide bonds. The number of methoxy groups -OCH3 is 1. The molecular weight excluding hydrogens is 371 g/mol. The zero-order valence-electron chi connectivity index (χ0n) is 16.2. The molecule has 154 valence electrons. The molecule has 1 atom stereocenters. The van der Waals surface area contributed by atoms with Crippen LogP contribution in [0.25, 0.3) is 0 Å². The lowest BCUT2D eigenvalue weighted by Crippen LogP contribution is -2.40. The monoisotopic (exact) mass is 397 g/mol. The van der Waals surface area contributed by atoms with Gasteiger partial charge in [-0.05, 0) is 24.6 Å². The molecule has 0 bridgehead atoms. The molecule has 1 N–H and O–H groups in total. The van der Waals surface area contributed by atoms with Crippen LogP contribution in [0, 0.1) is 17.8 Å². The lowest BCUT2D eigenvalue weighted by molar-refractivity contribution is -0.137. The molecule has 1 fully saturated rings. The summed E-state index contributed by atoms with van der Waals surface area (Å²) >= 11 is 0. The van der Waals surface area contributed by atoms with E-state index in [4.69, 9.17) is 9.47 Å². The fourth-order valence-electron chi connectivity index (χ4n) is 2.93. The molecule has 1 aromatic rings. The van der Waals surface area contributed by atoms with Gasteiger partial charge in [0.2, 0.25) is 0 Å². The number of aliphatic imine (C=N–C) groups is 1. The van der Waals surface area contributed by atoms with Gasteiger partial charge >= 0.3 is 6.18 Å². The summed E-state index contributed by atoms with van der Waals surface area (Å²) in [5, 5.41) is 3.14. The Labute approximate surface area is 163 Å². The smallest absolute Gasteiger partial charge is 0.382 e. The molecule has 28 heavy (non-hydrogen) atoms. The standard InChI is InChI=1S/C20H26F3N3O2/c1-24-19(26-10-8-17(14-26)15-28-12-11-27-2)25-9-4-6-16-5-3-7-18(13-16)20(21,22)23/h3,5,7,13,17H,8-12,14-15H2,1-2H3,(H,24,25). The second-order valence-electron chi connectivity index (χ2n) is 6.45. The van der Waals surface area contributed by atoms with Gasteiger partial charge in [-0.3, -0.25) is 4.99 Å². The Morgan fingerprint density at radius 1 is 1.36 bits per heavy atom. The Hall–Kier alpha value is -2.24. The largest absolute Gasteiger partial charge is 0.416 e. The number of nitrogens with one attached hydrogen (secondary N) is 1. The summed E-state index contributed by atoms with van der Waals surface area (Å²) < 4.78 is 48.7. The fourth-order valence-corrected chi connectivity index (χ4v) is 2.93. The Kier molecular flexibility index (Phi) is 8.61. The Balaban J connectivity index is 1.80. The van der Waals surface area contributed by atoms with E-state index in [0.29, 0.717) is 37.8 Å². The predicted molar refractivity (Wildman–Crippen MR) is 102 cm³/mol. The number of nitrogens with zero attached hydrogens (tertiary/aromatic N) is 2. The van der Waals surface area contributed by atoms with Crippen molar-refractivity contribution in [2.75, 3.05) is 53.6 Å². The number of alkyl halides is 3. The third-order valence-electron chi connectivity index (χ3n) is 4.34. The first-order valence-corrected chi connectivity index (χ1v) is 9.12. The van der Waals surface area contributed by atoms with E-state index in [2.05, 4.69) is 27.0 Å². The lowest BCUT2D eigenvalue weighted by atomic mass is 10.1. The van der Waals surface area contributed by atoms with Crippen molar-refractivity contribution in [1.82, 2.24) is 10.2 Å². The molecular formula is C20H26F3N3O2. The van der Waals surface area contributed by atoms with Gasteiger partial charge in [0.1, 0.15) is 0 Å². The maximum Gasteiger partial charge on any atom is 0.416 e. The molecule has 0 saturated carbocycles. The molecule has 2 rings (SSSR count). The van der Waals surface area contributed by atoms with Gasteiger partial charge in [0.25, 0.3) is 0 Å². The van der Waals surface area contributed by atoms with Crippen LogP contribution >= 0.6 is 0 Å². The Morgan fingerprint density at radius 3 is 2.89 bits per heavy atom. The number of halogens is 3. The molecule has 8 heteroatoms. The molecule has 1 aliphatic rings.